The highest BCUT2D eigenvalue weighted by molar-refractivity contribution is 7.14. The zero-order valence-electron chi connectivity index (χ0n) is 12.1. The van der Waals surface area contributed by atoms with Crippen molar-refractivity contribution in [1.82, 2.24) is 10.3 Å². The number of carbonyl (C=O) groups excluding carboxylic acids is 1. The predicted molar refractivity (Wildman–Crippen MR) is 91.4 cm³/mol. The van der Waals surface area contributed by atoms with Crippen molar-refractivity contribution in [2.24, 2.45) is 5.92 Å². The fraction of sp³-hybridized carbons (Fsp3) is 0.375. The van der Waals surface area contributed by atoms with Gasteiger partial charge in [-0.2, -0.15) is 0 Å². The van der Waals surface area contributed by atoms with E-state index >= 15 is 0 Å². The lowest BCUT2D eigenvalue weighted by molar-refractivity contribution is -0.116. The van der Waals surface area contributed by atoms with Crippen molar-refractivity contribution in [1.29, 1.82) is 0 Å². The molecule has 3 rings (SSSR count). The summed E-state index contributed by atoms with van der Waals surface area (Å²) in [6, 6.07) is 7.55. The predicted octanol–water partition coefficient (Wildman–Crippen LogP) is 3.79. The second kappa shape index (κ2) is 7.22. The Bertz CT molecular complexity index is 652. The van der Waals surface area contributed by atoms with Gasteiger partial charge in [0.25, 0.3) is 0 Å². The molecule has 0 aliphatic carbocycles. The second-order valence-corrected chi connectivity index (χ2v) is 6.79. The molecule has 1 atom stereocenters. The Balaban J connectivity index is 1.55. The third-order valence-corrected chi connectivity index (χ3v) is 4.81. The van der Waals surface area contributed by atoms with Crippen LogP contribution in [0, 0.1) is 5.92 Å². The van der Waals surface area contributed by atoms with Crippen LogP contribution in [-0.2, 0) is 4.79 Å². The van der Waals surface area contributed by atoms with Crippen LogP contribution in [0.2, 0.25) is 5.02 Å². The number of anilines is 1. The zero-order valence-corrected chi connectivity index (χ0v) is 13.7. The maximum Gasteiger partial charge on any atom is 0.226 e. The minimum Gasteiger partial charge on any atom is -0.316 e. The lowest BCUT2D eigenvalue weighted by Gasteiger charge is -2.07. The largest absolute Gasteiger partial charge is 0.316 e. The Kier molecular flexibility index (Phi) is 5.08. The van der Waals surface area contributed by atoms with E-state index in [-0.39, 0.29) is 5.91 Å². The van der Waals surface area contributed by atoms with Crippen LogP contribution in [0.25, 0.3) is 11.3 Å². The van der Waals surface area contributed by atoms with E-state index in [2.05, 4.69) is 15.6 Å². The van der Waals surface area contributed by atoms with Crippen LogP contribution in [-0.4, -0.2) is 24.0 Å². The molecule has 22 heavy (non-hydrogen) atoms. The van der Waals surface area contributed by atoms with Gasteiger partial charge >= 0.3 is 0 Å². The van der Waals surface area contributed by atoms with Crippen molar-refractivity contribution in [2.75, 3.05) is 18.4 Å². The molecule has 1 aliphatic heterocycles. The molecule has 6 heteroatoms. The average Bonchev–Trinajstić information content (AvgIpc) is 3.16. The van der Waals surface area contributed by atoms with Gasteiger partial charge in [-0.1, -0.05) is 23.7 Å². The van der Waals surface area contributed by atoms with Crippen LogP contribution >= 0.6 is 22.9 Å². The first kappa shape index (κ1) is 15.5. The number of rotatable bonds is 5. The molecule has 2 heterocycles. The summed E-state index contributed by atoms with van der Waals surface area (Å²) in [6.07, 6.45) is 2.66. The molecule has 1 amide bonds. The van der Waals surface area contributed by atoms with Gasteiger partial charge < -0.3 is 10.6 Å². The molecular weight excluding hydrogens is 318 g/mol. The number of amides is 1. The number of halogens is 1. The highest BCUT2D eigenvalue weighted by atomic mass is 35.5. The third-order valence-electron chi connectivity index (χ3n) is 3.81. The van der Waals surface area contributed by atoms with E-state index in [0.29, 0.717) is 22.5 Å². The minimum absolute atomic E-state index is 0.0406. The van der Waals surface area contributed by atoms with Crippen LogP contribution in [0.4, 0.5) is 5.13 Å². The first-order chi connectivity index (χ1) is 10.7. The van der Waals surface area contributed by atoms with Crippen LogP contribution < -0.4 is 10.6 Å². The standard InChI is InChI=1S/C16H18ClN3OS/c17-13-3-1-2-12(8-13)14-10-22-16(19-14)20-15(21)5-4-11-6-7-18-9-11/h1-3,8,10-11,18H,4-7,9H2,(H,19,20,21). The number of aromatic nitrogens is 1. The van der Waals surface area contributed by atoms with E-state index in [1.165, 1.54) is 17.8 Å². The molecule has 0 spiro atoms. The van der Waals surface area contributed by atoms with Crippen molar-refractivity contribution >= 4 is 34.0 Å². The lowest BCUT2D eigenvalue weighted by Crippen LogP contribution is -2.14. The van der Waals surface area contributed by atoms with Gasteiger partial charge in [0.05, 0.1) is 5.69 Å². The first-order valence-corrected chi connectivity index (χ1v) is 8.68. The van der Waals surface area contributed by atoms with Crippen molar-refractivity contribution in [3.63, 3.8) is 0 Å². The molecule has 0 radical (unpaired) electrons. The SMILES string of the molecule is O=C(CCC1CCNC1)Nc1nc(-c2cccc(Cl)c2)cs1. The number of hydrogen-bond acceptors (Lipinski definition) is 4. The van der Waals surface area contributed by atoms with Crippen LogP contribution in [0.5, 0.6) is 0 Å². The lowest BCUT2D eigenvalue weighted by atomic mass is 10.0. The Morgan fingerprint density at radius 2 is 2.41 bits per heavy atom. The molecule has 116 valence electrons. The van der Waals surface area contributed by atoms with Crippen molar-refractivity contribution < 1.29 is 4.79 Å². The van der Waals surface area contributed by atoms with Gasteiger partial charge in [0.2, 0.25) is 5.91 Å². The number of nitrogens with one attached hydrogen (secondary N) is 2. The third kappa shape index (κ3) is 4.06. The summed E-state index contributed by atoms with van der Waals surface area (Å²) >= 11 is 7.43. The Hall–Kier alpha value is -1.43. The molecule has 0 saturated carbocycles. The molecule has 1 unspecified atom stereocenters. The van der Waals surface area contributed by atoms with Crippen molar-refractivity contribution in [2.45, 2.75) is 19.3 Å². The van der Waals surface area contributed by atoms with Crippen LogP contribution in [0.3, 0.4) is 0 Å². The number of hydrogen-bond donors (Lipinski definition) is 2. The Labute approximate surface area is 138 Å². The molecule has 2 aromatic rings. The van der Waals surface area contributed by atoms with Crippen LogP contribution in [0.1, 0.15) is 19.3 Å². The quantitative estimate of drug-likeness (QED) is 0.874. The summed E-state index contributed by atoms with van der Waals surface area (Å²) in [5.41, 5.74) is 1.80. The fourth-order valence-electron chi connectivity index (χ4n) is 2.59. The number of carbonyl (C=O) groups is 1. The van der Waals surface area contributed by atoms with Gasteiger partial charge in [0.1, 0.15) is 0 Å². The van der Waals surface area contributed by atoms with E-state index in [0.717, 1.165) is 30.8 Å². The van der Waals surface area contributed by atoms with E-state index in [9.17, 15) is 4.79 Å². The molecule has 1 aromatic heterocycles. The molecule has 1 fully saturated rings. The Morgan fingerprint density at radius 1 is 1.50 bits per heavy atom. The fourth-order valence-corrected chi connectivity index (χ4v) is 3.52. The zero-order chi connectivity index (χ0) is 15.4. The van der Waals surface area contributed by atoms with E-state index in [1.807, 2.05) is 29.6 Å². The minimum atomic E-state index is 0.0406. The maximum atomic E-state index is 12.0. The summed E-state index contributed by atoms with van der Waals surface area (Å²) in [4.78, 5) is 16.4. The summed E-state index contributed by atoms with van der Waals surface area (Å²) in [5.74, 6) is 0.669. The maximum absolute atomic E-state index is 12.0. The summed E-state index contributed by atoms with van der Waals surface area (Å²) in [7, 11) is 0. The van der Waals surface area contributed by atoms with Gasteiger partial charge in [-0.3, -0.25) is 4.79 Å². The van der Waals surface area contributed by atoms with E-state index in [4.69, 9.17) is 11.6 Å². The number of benzene rings is 1. The number of thiazole rings is 1. The monoisotopic (exact) mass is 335 g/mol. The highest BCUT2D eigenvalue weighted by Crippen LogP contribution is 2.27. The Morgan fingerprint density at radius 3 is 3.18 bits per heavy atom. The topological polar surface area (TPSA) is 54.0 Å². The van der Waals surface area contributed by atoms with Gasteiger partial charge in [0.15, 0.2) is 5.13 Å². The second-order valence-electron chi connectivity index (χ2n) is 5.49. The molecule has 1 aromatic carbocycles. The molecule has 1 saturated heterocycles. The summed E-state index contributed by atoms with van der Waals surface area (Å²) in [5, 5.41) is 9.46. The summed E-state index contributed by atoms with van der Waals surface area (Å²) < 4.78 is 0. The normalized spacial score (nSPS) is 17.6. The van der Waals surface area contributed by atoms with Crippen molar-refractivity contribution in [3.8, 4) is 11.3 Å². The van der Waals surface area contributed by atoms with Gasteiger partial charge in [-0.15, -0.1) is 11.3 Å². The highest BCUT2D eigenvalue weighted by Gasteiger charge is 2.16. The molecular formula is C16H18ClN3OS. The first-order valence-electron chi connectivity index (χ1n) is 7.43. The van der Waals surface area contributed by atoms with Crippen molar-refractivity contribution in [3.05, 3.63) is 34.7 Å². The van der Waals surface area contributed by atoms with E-state index < -0.39 is 0 Å². The molecule has 4 nitrogen and oxygen atoms in total. The smallest absolute Gasteiger partial charge is 0.226 e. The number of nitrogens with zero attached hydrogens (tertiary/aromatic N) is 1. The average molecular weight is 336 g/mol. The summed E-state index contributed by atoms with van der Waals surface area (Å²) in [6.45, 7) is 2.10. The van der Waals surface area contributed by atoms with Crippen LogP contribution in [0.15, 0.2) is 29.6 Å². The molecule has 1 aliphatic rings. The van der Waals surface area contributed by atoms with E-state index in [1.54, 1.807) is 0 Å². The molecule has 2 N–H and O–H groups in total. The van der Waals surface area contributed by atoms with Gasteiger partial charge in [-0.05, 0) is 44.0 Å². The van der Waals surface area contributed by atoms with Gasteiger partial charge in [0, 0.05) is 22.4 Å². The molecule has 0 bridgehead atoms. The van der Waals surface area contributed by atoms with Gasteiger partial charge in [-0.25, -0.2) is 4.98 Å².